The predicted molar refractivity (Wildman–Crippen MR) is 65.6 cm³/mol. The maximum atomic E-state index is 5.62. The molecule has 0 aliphatic rings. The van der Waals surface area contributed by atoms with E-state index < -0.39 is 0 Å². The highest BCUT2D eigenvalue weighted by Crippen LogP contribution is 2.27. The fraction of sp³-hybridized carbons (Fsp3) is 0.0833. The Kier molecular flexibility index (Phi) is 2.45. The van der Waals surface area contributed by atoms with E-state index in [-0.39, 0.29) is 0 Å². The molecule has 2 heterocycles. The molecule has 0 saturated heterocycles. The van der Waals surface area contributed by atoms with Gasteiger partial charge in [-0.3, -0.25) is 0 Å². The van der Waals surface area contributed by atoms with Crippen LogP contribution in [0.5, 0.6) is 0 Å². The molecule has 5 heteroatoms. The molecule has 0 bridgehead atoms. The third kappa shape index (κ3) is 1.97. The van der Waals surface area contributed by atoms with Crippen molar-refractivity contribution in [1.29, 1.82) is 0 Å². The van der Waals surface area contributed by atoms with Gasteiger partial charge in [0.25, 0.3) is 5.89 Å². The molecule has 0 fully saturated rings. The van der Waals surface area contributed by atoms with E-state index in [2.05, 4.69) is 15.2 Å². The SMILES string of the molecule is Cc1ncc(-c2nnc(-c3ccccc3)o2)s1. The second-order valence-electron chi connectivity index (χ2n) is 3.52. The van der Waals surface area contributed by atoms with Gasteiger partial charge in [-0.1, -0.05) is 18.2 Å². The monoisotopic (exact) mass is 243 g/mol. The number of aromatic nitrogens is 3. The maximum Gasteiger partial charge on any atom is 0.259 e. The van der Waals surface area contributed by atoms with E-state index in [0.29, 0.717) is 11.8 Å². The van der Waals surface area contributed by atoms with Crippen molar-refractivity contribution in [1.82, 2.24) is 15.2 Å². The van der Waals surface area contributed by atoms with Crippen molar-refractivity contribution in [3.8, 4) is 22.2 Å². The van der Waals surface area contributed by atoms with E-state index in [0.717, 1.165) is 15.4 Å². The van der Waals surface area contributed by atoms with Gasteiger partial charge in [-0.2, -0.15) is 0 Å². The first-order chi connectivity index (χ1) is 8.33. The van der Waals surface area contributed by atoms with E-state index in [4.69, 9.17) is 4.42 Å². The Morgan fingerprint density at radius 3 is 2.53 bits per heavy atom. The quantitative estimate of drug-likeness (QED) is 0.693. The van der Waals surface area contributed by atoms with Crippen LogP contribution in [0.3, 0.4) is 0 Å². The summed E-state index contributed by atoms with van der Waals surface area (Å²) in [5, 5.41) is 9.05. The van der Waals surface area contributed by atoms with Crippen LogP contribution in [0.2, 0.25) is 0 Å². The van der Waals surface area contributed by atoms with Crippen molar-refractivity contribution < 1.29 is 4.42 Å². The first-order valence-corrected chi connectivity index (χ1v) is 5.96. The molecule has 3 aromatic rings. The summed E-state index contributed by atoms with van der Waals surface area (Å²) in [6.07, 6.45) is 1.75. The zero-order valence-electron chi connectivity index (χ0n) is 9.12. The summed E-state index contributed by atoms with van der Waals surface area (Å²) in [6, 6.07) is 9.71. The number of hydrogen-bond acceptors (Lipinski definition) is 5. The van der Waals surface area contributed by atoms with Gasteiger partial charge in [0, 0.05) is 5.56 Å². The molecule has 0 spiro atoms. The highest BCUT2D eigenvalue weighted by Gasteiger charge is 2.11. The molecular weight excluding hydrogens is 234 g/mol. The standard InChI is InChI=1S/C12H9N3OS/c1-8-13-7-10(17-8)12-15-14-11(16-12)9-5-3-2-4-6-9/h2-7H,1H3. The molecule has 0 unspecified atom stereocenters. The summed E-state index contributed by atoms with van der Waals surface area (Å²) in [6.45, 7) is 1.95. The van der Waals surface area contributed by atoms with Crippen LogP contribution in [0.1, 0.15) is 5.01 Å². The lowest BCUT2D eigenvalue weighted by Gasteiger charge is -1.91. The predicted octanol–water partition coefficient (Wildman–Crippen LogP) is 3.17. The van der Waals surface area contributed by atoms with Gasteiger partial charge < -0.3 is 4.42 Å². The Bertz CT molecular complexity index is 630. The van der Waals surface area contributed by atoms with Crippen LogP contribution in [-0.2, 0) is 0 Å². The number of benzene rings is 1. The zero-order valence-corrected chi connectivity index (χ0v) is 9.94. The fourth-order valence-corrected chi connectivity index (χ4v) is 2.18. The number of thiazole rings is 1. The van der Waals surface area contributed by atoms with Crippen LogP contribution in [0, 0.1) is 6.92 Å². The Balaban J connectivity index is 1.99. The highest BCUT2D eigenvalue weighted by atomic mass is 32.1. The van der Waals surface area contributed by atoms with Crippen LogP contribution >= 0.6 is 11.3 Å². The lowest BCUT2D eigenvalue weighted by Crippen LogP contribution is -1.75. The Morgan fingerprint density at radius 1 is 1.06 bits per heavy atom. The molecule has 1 aromatic carbocycles. The zero-order chi connectivity index (χ0) is 11.7. The first kappa shape index (κ1) is 10.2. The fourth-order valence-electron chi connectivity index (χ4n) is 1.48. The van der Waals surface area contributed by atoms with Gasteiger partial charge in [-0.15, -0.1) is 21.5 Å². The Hall–Kier alpha value is -2.01. The van der Waals surface area contributed by atoms with Crippen molar-refractivity contribution in [2.75, 3.05) is 0 Å². The molecule has 17 heavy (non-hydrogen) atoms. The third-order valence-corrected chi connectivity index (χ3v) is 3.18. The summed E-state index contributed by atoms with van der Waals surface area (Å²) in [5.74, 6) is 1.06. The van der Waals surface area contributed by atoms with Crippen molar-refractivity contribution in [3.63, 3.8) is 0 Å². The van der Waals surface area contributed by atoms with E-state index >= 15 is 0 Å². The molecule has 0 aliphatic carbocycles. The molecule has 84 valence electrons. The molecule has 2 aromatic heterocycles. The molecule has 0 N–H and O–H groups in total. The first-order valence-electron chi connectivity index (χ1n) is 5.14. The minimum atomic E-state index is 0.523. The maximum absolute atomic E-state index is 5.62. The molecule has 0 radical (unpaired) electrons. The highest BCUT2D eigenvalue weighted by molar-refractivity contribution is 7.14. The topological polar surface area (TPSA) is 51.8 Å². The van der Waals surface area contributed by atoms with Gasteiger partial charge in [-0.25, -0.2) is 4.98 Å². The van der Waals surface area contributed by atoms with Crippen LogP contribution in [0.15, 0.2) is 40.9 Å². The third-order valence-electron chi connectivity index (χ3n) is 2.28. The smallest absolute Gasteiger partial charge is 0.259 e. The van der Waals surface area contributed by atoms with Crippen LogP contribution in [-0.4, -0.2) is 15.2 Å². The number of aryl methyl sites for hydroxylation is 1. The van der Waals surface area contributed by atoms with Gasteiger partial charge in [0.05, 0.1) is 11.2 Å². The van der Waals surface area contributed by atoms with Crippen molar-refractivity contribution in [2.45, 2.75) is 6.92 Å². The molecular formula is C12H9N3OS. The lowest BCUT2D eigenvalue weighted by atomic mass is 10.2. The second kappa shape index (κ2) is 4.10. The van der Waals surface area contributed by atoms with Crippen molar-refractivity contribution >= 4 is 11.3 Å². The number of rotatable bonds is 2. The number of nitrogens with zero attached hydrogens (tertiary/aromatic N) is 3. The van der Waals surface area contributed by atoms with E-state index in [9.17, 15) is 0 Å². The normalized spacial score (nSPS) is 10.6. The molecule has 3 rings (SSSR count). The van der Waals surface area contributed by atoms with Crippen LogP contribution < -0.4 is 0 Å². The van der Waals surface area contributed by atoms with Crippen molar-refractivity contribution in [2.24, 2.45) is 0 Å². The lowest BCUT2D eigenvalue weighted by molar-refractivity contribution is 0.586. The summed E-state index contributed by atoms with van der Waals surface area (Å²) in [5.41, 5.74) is 0.924. The van der Waals surface area contributed by atoms with Gasteiger partial charge in [0.15, 0.2) is 0 Å². The van der Waals surface area contributed by atoms with E-state index in [1.165, 1.54) is 0 Å². The molecule has 0 amide bonds. The van der Waals surface area contributed by atoms with Crippen molar-refractivity contribution in [3.05, 3.63) is 41.5 Å². The minimum absolute atomic E-state index is 0.523. The average molecular weight is 243 g/mol. The molecule has 4 nitrogen and oxygen atoms in total. The minimum Gasteiger partial charge on any atom is -0.415 e. The second-order valence-corrected chi connectivity index (χ2v) is 4.76. The van der Waals surface area contributed by atoms with Gasteiger partial charge in [-0.05, 0) is 19.1 Å². The Morgan fingerprint density at radius 2 is 1.82 bits per heavy atom. The van der Waals surface area contributed by atoms with Gasteiger partial charge in [0.2, 0.25) is 5.89 Å². The van der Waals surface area contributed by atoms with Gasteiger partial charge >= 0.3 is 0 Å². The summed E-state index contributed by atoms with van der Waals surface area (Å²) >= 11 is 1.54. The van der Waals surface area contributed by atoms with Gasteiger partial charge in [0.1, 0.15) is 4.88 Å². The van der Waals surface area contributed by atoms with Crippen LogP contribution in [0.25, 0.3) is 22.2 Å². The van der Waals surface area contributed by atoms with Crippen LogP contribution in [0.4, 0.5) is 0 Å². The Labute approximate surface area is 102 Å². The van der Waals surface area contributed by atoms with E-state index in [1.807, 2.05) is 37.3 Å². The molecule has 0 aliphatic heterocycles. The average Bonchev–Trinajstić information content (AvgIpc) is 2.98. The van der Waals surface area contributed by atoms with E-state index in [1.54, 1.807) is 17.5 Å². The molecule has 0 saturated carbocycles. The largest absolute Gasteiger partial charge is 0.415 e. The molecule has 0 atom stereocenters. The summed E-state index contributed by atoms with van der Waals surface area (Å²) in [7, 11) is 0. The number of hydrogen-bond donors (Lipinski definition) is 0. The summed E-state index contributed by atoms with van der Waals surface area (Å²) in [4.78, 5) is 5.07. The summed E-state index contributed by atoms with van der Waals surface area (Å²) < 4.78 is 5.62.